The van der Waals surface area contributed by atoms with E-state index in [1.807, 2.05) is 26.2 Å². The molecule has 2 saturated heterocycles. The Morgan fingerprint density at radius 2 is 1.30 bits per heavy atom. The summed E-state index contributed by atoms with van der Waals surface area (Å²) < 4.78 is 31.0. The van der Waals surface area contributed by atoms with Gasteiger partial charge >= 0.3 is 27.4 Å². The maximum atomic E-state index is 6.51. The van der Waals surface area contributed by atoms with Crippen LogP contribution in [0.2, 0.25) is 26.2 Å². The maximum Gasteiger partial charge on any atom is 0.496 e. The van der Waals surface area contributed by atoms with E-state index in [1.165, 1.54) is 6.42 Å². The second-order valence-corrected chi connectivity index (χ2v) is 17.3. The third-order valence-corrected chi connectivity index (χ3v) is 17.2. The fourth-order valence-corrected chi connectivity index (χ4v) is 17.0. The summed E-state index contributed by atoms with van der Waals surface area (Å²) in [4.78, 5) is 0. The van der Waals surface area contributed by atoms with Gasteiger partial charge in [-0.3, -0.25) is 4.53 Å². The van der Waals surface area contributed by atoms with Gasteiger partial charge in [-0.1, -0.05) is 0 Å². The van der Waals surface area contributed by atoms with E-state index in [1.54, 1.807) is 0 Å². The molecule has 2 rings (SSSR count). The molecule has 23 heavy (non-hydrogen) atoms. The van der Waals surface area contributed by atoms with Crippen LogP contribution < -0.4 is 0 Å². The average molecular weight is 396 g/mol. The molecule has 0 aromatic heterocycles. The van der Waals surface area contributed by atoms with Crippen LogP contribution in [0.4, 0.5) is 0 Å². The highest BCUT2D eigenvalue weighted by Gasteiger charge is 2.51. The number of rotatable bonds is 2. The molecule has 2 heterocycles. The Morgan fingerprint density at radius 1 is 0.870 bits per heavy atom. The predicted molar refractivity (Wildman–Crippen MR) is 99.9 cm³/mol. The van der Waals surface area contributed by atoms with Gasteiger partial charge in [0.2, 0.25) is 0 Å². The van der Waals surface area contributed by atoms with Gasteiger partial charge in [0.25, 0.3) is 9.28 Å². The molecule has 136 valence electrons. The second kappa shape index (κ2) is 7.09. The van der Waals surface area contributed by atoms with Crippen LogP contribution >= 0.6 is 0 Å². The van der Waals surface area contributed by atoms with Crippen LogP contribution in [-0.2, 0) is 21.0 Å². The molecule has 2 aliphatic heterocycles. The Labute approximate surface area is 147 Å². The zero-order chi connectivity index (χ0) is 17.5. The minimum Gasteiger partial charge on any atom is -0.420 e. The van der Waals surface area contributed by atoms with Crippen molar-refractivity contribution in [3.63, 3.8) is 0 Å². The summed E-state index contributed by atoms with van der Waals surface area (Å²) in [5.74, 6) is 0. The molecule has 6 nitrogen and oxygen atoms in total. The molecular formula is C13H33NO5Si4. The molecule has 0 aromatic rings. The van der Waals surface area contributed by atoms with Gasteiger partial charge in [-0.15, -0.1) is 0 Å². The Kier molecular flexibility index (Phi) is 6.15. The number of hydrogen-bond acceptors (Lipinski definition) is 6. The van der Waals surface area contributed by atoms with Gasteiger partial charge in [-0.05, 0) is 66.6 Å². The number of hydroxylamine groups is 2. The van der Waals surface area contributed by atoms with Gasteiger partial charge in [0, 0.05) is 17.6 Å². The molecule has 2 fully saturated rings. The first-order valence-electron chi connectivity index (χ1n) is 8.60. The molecule has 0 aliphatic carbocycles. The predicted octanol–water partition coefficient (Wildman–Crippen LogP) is 2.16. The van der Waals surface area contributed by atoms with Crippen molar-refractivity contribution in [2.45, 2.75) is 84.2 Å². The number of nitrogens with zero attached hydrogens (tertiary/aromatic N) is 1. The molecule has 2 unspecified atom stereocenters. The molecule has 2 atom stereocenters. The fraction of sp³-hybridized carbons (Fsp3) is 1.00. The van der Waals surface area contributed by atoms with Crippen LogP contribution in [0.25, 0.3) is 0 Å². The van der Waals surface area contributed by atoms with Crippen molar-refractivity contribution in [3.8, 4) is 0 Å². The van der Waals surface area contributed by atoms with Crippen LogP contribution in [0.15, 0.2) is 0 Å². The fourth-order valence-electron chi connectivity index (χ4n) is 3.69. The zero-order valence-electron chi connectivity index (χ0n) is 15.8. The highest BCUT2D eigenvalue weighted by molar-refractivity contribution is 6.77. The second-order valence-electron chi connectivity index (χ2n) is 7.94. The molecule has 0 spiro atoms. The Morgan fingerprint density at radius 3 is 1.74 bits per heavy atom. The van der Waals surface area contributed by atoms with Crippen molar-refractivity contribution >= 4 is 36.7 Å². The minimum atomic E-state index is -2.82. The number of piperidine rings is 1. The molecule has 0 amide bonds. The normalized spacial score (nSPS) is 42.0. The van der Waals surface area contributed by atoms with E-state index in [0.29, 0.717) is 0 Å². The highest BCUT2D eigenvalue weighted by atomic mass is 28.5. The van der Waals surface area contributed by atoms with Gasteiger partial charge in [-0.25, -0.2) is 0 Å². The summed E-state index contributed by atoms with van der Waals surface area (Å²) in [6, 6.07) is 0. The van der Waals surface area contributed by atoms with Crippen molar-refractivity contribution in [1.29, 1.82) is 0 Å². The summed E-state index contributed by atoms with van der Waals surface area (Å²) in [5, 5.41) is 2.14. The van der Waals surface area contributed by atoms with E-state index in [2.05, 4.69) is 32.8 Å². The van der Waals surface area contributed by atoms with E-state index in [9.17, 15) is 0 Å². The first-order valence-corrected chi connectivity index (χ1v) is 17.1. The van der Waals surface area contributed by atoms with E-state index >= 15 is 0 Å². The van der Waals surface area contributed by atoms with Gasteiger partial charge in [0.05, 0.1) is 0 Å². The molecule has 10 heteroatoms. The Balaban J connectivity index is 2.20. The van der Waals surface area contributed by atoms with E-state index in [4.69, 9.17) is 21.0 Å². The lowest BCUT2D eigenvalue weighted by atomic mass is 9.82. The Hall–Kier alpha value is 0.628. The third kappa shape index (κ3) is 5.06. The van der Waals surface area contributed by atoms with Crippen molar-refractivity contribution in [2.24, 2.45) is 0 Å². The maximum absolute atomic E-state index is 6.51. The summed E-state index contributed by atoms with van der Waals surface area (Å²) in [7, 11) is -8.02. The van der Waals surface area contributed by atoms with Crippen molar-refractivity contribution < 1.29 is 21.0 Å². The summed E-state index contributed by atoms with van der Waals surface area (Å²) in [6.45, 7) is 17.0. The first-order chi connectivity index (χ1) is 10.4. The molecule has 0 aromatic carbocycles. The lowest BCUT2D eigenvalue weighted by Gasteiger charge is -2.53. The first kappa shape index (κ1) is 19.9. The minimum absolute atomic E-state index is 0.0355. The van der Waals surface area contributed by atoms with Gasteiger partial charge in [0.15, 0.2) is 0 Å². The van der Waals surface area contributed by atoms with Gasteiger partial charge in [0.1, 0.15) is 0 Å². The molecular weight excluding hydrogens is 362 g/mol. The highest BCUT2D eigenvalue weighted by Crippen LogP contribution is 2.40. The summed E-state index contributed by atoms with van der Waals surface area (Å²) in [5.41, 5.74) is -0.0711. The smallest absolute Gasteiger partial charge is 0.420 e. The molecule has 0 bridgehead atoms. The average Bonchev–Trinajstić information content (AvgIpc) is 2.31. The quantitative estimate of drug-likeness (QED) is 0.668. The van der Waals surface area contributed by atoms with E-state index in [-0.39, 0.29) is 11.1 Å². The summed E-state index contributed by atoms with van der Waals surface area (Å²) in [6.07, 6.45) is 3.43. The third-order valence-electron chi connectivity index (χ3n) is 4.46. The Bertz CT molecular complexity index is 395. The van der Waals surface area contributed by atoms with Crippen molar-refractivity contribution in [1.82, 2.24) is 5.06 Å². The molecule has 0 radical (unpaired) electrons. The van der Waals surface area contributed by atoms with Gasteiger partial charge < -0.3 is 16.5 Å². The lowest BCUT2D eigenvalue weighted by Crippen LogP contribution is -2.65. The monoisotopic (exact) mass is 395 g/mol. The zero-order valence-corrected chi connectivity index (χ0v) is 20.3. The van der Waals surface area contributed by atoms with Crippen molar-refractivity contribution in [2.75, 3.05) is 0 Å². The molecule has 2 aliphatic rings. The summed E-state index contributed by atoms with van der Waals surface area (Å²) >= 11 is 0. The van der Waals surface area contributed by atoms with Crippen LogP contribution in [0.3, 0.4) is 0 Å². The number of hydrogen-bond donors (Lipinski definition) is 0. The van der Waals surface area contributed by atoms with Crippen LogP contribution in [0.5, 0.6) is 0 Å². The standard InChI is InChI=1S/C13H33NO5Si4/c1-12(2)10-9-11-13(3,4)14(12)15-23(8)18-21(6)16-20(5)17-22(7)19-23/h20-22H,9-11H2,1-8H3. The van der Waals surface area contributed by atoms with Crippen molar-refractivity contribution in [3.05, 3.63) is 0 Å². The SMILES string of the molecule is C[SiH]1O[SiH](C)O[Si](C)(ON2C(C)(C)CCCC2(C)C)O[SiH](C)O1. The van der Waals surface area contributed by atoms with Crippen LogP contribution in [0.1, 0.15) is 47.0 Å². The van der Waals surface area contributed by atoms with Crippen LogP contribution in [-0.4, -0.2) is 52.8 Å². The largest absolute Gasteiger partial charge is 0.496 e. The van der Waals surface area contributed by atoms with Crippen LogP contribution in [0, 0.1) is 0 Å². The molecule has 0 saturated carbocycles. The lowest BCUT2D eigenvalue weighted by molar-refractivity contribution is -0.241. The molecule has 0 N–H and O–H groups in total. The van der Waals surface area contributed by atoms with Gasteiger partial charge in [-0.2, -0.15) is 5.06 Å². The van der Waals surface area contributed by atoms with E-state index < -0.39 is 36.7 Å². The topological polar surface area (TPSA) is 49.4 Å². The van der Waals surface area contributed by atoms with E-state index in [0.717, 1.165) is 12.8 Å².